The van der Waals surface area contributed by atoms with Crippen molar-refractivity contribution in [3.63, 3.8) is 0 Å². The molecule has 2 aromatic heterocycles. The molecule has 1 aliphatic rings. The van der Waals surface area contributed by atoms with Crippen LogP contribution in [0.1, 0.15) is 18.4 Å². The molecule has 0 aliphatic carbocycles. The smallest absolute Gasteiger partial charge is 0.142 e. The van der Waals surface area contributed by atoms with E-state index in [1.807, 2.05) is 18.3 Å². The van der Waals surface area contributed by atoms with E-state index < -0.39 is 0 Å². The molecule has 5 rings (SSSR count). The van der Waals surface area contributed by atoms with E-state index in [2.05, 4.69) is 68.4 Å². The van der Waals surface area contributed by atoms with Gasteiger partial charge < -0.3 is 15.6 Å². The van der Waals surface area contributed by atoms with Gasteiger partial charge in [0.15, 0.2) is 0 Å². The molecule has 4 aromatic rings. The zero-order chi connectivity index (χ0) is 19.7. The number of fused-ring (bicyclic) bond motifs is 1. The molecule has 1 aliphatic heterocycles. The number of hydrogen-bond donors (Lipinski definition) is 2. The number of nitrogens with two attached hydrogens (primary N) is 1. The van der Waals surface area contributed by atoms with Crippen molar-refractivity contribution in [2.24, 2.45) is 5.73 Å². The largest absolute Gasteiger partial charge is 0.356 e. The van der Waals surface area contributed by atoms with Gasteiger partial charge in [0.1, 0.15) is 17.8 Å². The number of aromatic nitrogens is 3. The van der Waals surface area contributed by atoms with Crippen molar-refractivity contribution in [1.29, 1.82) is 0 Å². The molecule has 0 amide bonds. The van der Waals surface area contributed by atoms with Crippen LogP contribution in [0, 0.1) is 0 Å². The van der Waals surface area contributed by atoms with Crippen LogP contribution in [0.2, 0.25) is 0 Å². The topological polar surface area (TPSA) is 70.8 Å². The number of H-pyrrole nitrogens is 1. The summed E-state index contributed by atoms with van der Waals surface area (Å²) in [5, 5.41) is 1.08. The fourth-order valence-corrected chi connectivity index (χ4v) is 4.30. The predicted molar refractivity (Wildman–Crippen MR) is 118 cm³/mol. The second-order valence-electron chi connectivity index (χ2n) is 8.03. The first-order chi connectivity index (χ1) is 14.2. The monoisotopic (exact) mass is 383 g/mol. The summed E-state index contributed by atoms with van der Waals surface area (Å²) < 4.78 is 0. The second kappa shape index (κ2) is 7.33. The van der Waals surface area contributed by atoms with Crippen LogP contribution in [0.5, 0.6) is 0 Å². The Balaban J connectivity index is 1.27. The highest BCUT2D eigenvalue weighted by atomic mass is 15.2. The summed E-state index contributed by atoms with van der Waals surface area (Å²) in [6.07, 6.45) is 6.35. The fourth-order valence-electron chi connectivity index (χ4n) is 4.30. The Labute approximate surface area is 170 Å². The molecule has 3 heterocycles. The van der Waals surface area contributed by atoms with Gasteiger partial charge in [-0.2, -0.15) is 0 Å². The Bertz CT molecular complexity index is 1090. The summed E-state index contributed by atoms with van der Waals surface area (Å²) in [5.41, 5.74) is 11.3. The van der Waals surface area contributed by atoms with Crippen molar-refractivity contribution in [1.82, 2.24) is 15.0 Å². The number of nitrogens with zero attached hydrogens (tertiary/aromatic N) is 3. The normalized spacial score (nSPS) is 16.2. The number of nitrogens with one attached hydrogen (secondary N) is 1. The maximum atomic E-state index is 6.81. The molecule has 3 N–H and O–H groups in total. The van der Waals surface area contributed by atoms with Gasteiger partial charge in [0.2, 0.25) is 0 Å². The van der Waals surface area contributed by atoms with Crippen LogP contribution in [-0.2, 0) is 6.42 Å². The Morgan fingerprint density at radius 1 is 0.897 bits per heavy atom. The second-order valence-corrected chi connectivity index (χ2v) is 8.03. The van der Waals surface area contributed by atoms with Gasteiger partial charge in [0.05, 0.1) is 5.39 Å². The molecule has 5 nitrogen and oxygen atoms in total. The van der Waals surface area contributed by atoms with Crippen molar-refractivity contribution in [3.8, 4) is 11.1 Å². The highest BCUT2D eigenvalue weighted by Crippen LogP contribution is 2.30. The molecule has 0 unspecified atom stereocenters. The van der Waals surface area contributed by atoms with Gasteiger partial charge in [-0.05, 0) is 42.0 Å². The summed E-state index contributed by atoms with van der Waals surface area (Å²) >= 11 is 0. The molecule has 2 aromatic carbocycles. The molecular formula is C24H25N5. The fraction of sp³-hybridized carbons (Fsp3) is 0.250. The standard InChI is InChI=1S/C24H25N5/c25-24(16-18-6-8-20(9-7-18)19-4-2-1-3-5-19)11-14-29(15-12-24)23-21-10-13-26-22(21)27-17-28-23/h1-10,13,17H,11-12,14-16,25H2,(H,26,27,28). The van der Waals surface area contributed by atoms with Gasteiger partial charge in [-0.3, -0.25) is 0 Å². The van der Waals surface area contributed by atoms with Crippen molar-refractivity contribution in [2.75, 3.05) is 18.0 Å². The molecule has 1 saturated heterocycles. The lowest BCUT2D eigenvalue weighted by Crippen LogP contribution is -2.52. The van der Waals surface area contributed by atoms with Crippen LogP contribution in [0.25, 0.3) is 22.2 Å². The third-order valence-electron chi connectivity index (χ3n) is 6.01. The first-order valence-corrected chi connectivity index (χ1v) is 10.2. The van der Waals surface area contributed by atoms with Crippen molar-refractivity contribution >= 4 is 16.9 Å². The Morgan fingerprint density at radius 3 is 2.38 bits per heavy atom. The predicted octanol–water partition coefficient (Wildman–Crippen LogP) is 4.17. The molecule has 0 saturated carbocycles. The van der Waals surface area contributed by atoms with Gasteiger partial charge >= 0.3 is 0 Å². The lowest BCUT2D eigenvalue weighted by molar-refractivity contribution is 0.330. The number of piperidine rings is 1. The van der Waals surface area contributed by atoms with Gasteiger partial charge in [-0.15, -0.1) is 0 Å². The SMILES string of the molecule is NC1(Cc2ccc(-c3ccccc3)cc2)CCN(c2ncnc3[nH]ccc23)CC1. The van der Waals surface area contributed by atoms with Gasteiger partial charge in [-0.25, -0.2) is 9.97 Å². The third-order valence-corrected chi connectivity index (χ3v) is 6.01. The summed E-state index contributed by atoms with van der Waals surface area (Å²) in [6.45, 7) is 1.83. The minimum absolute atomic E-state index is 0.172. The van der Waals surface area contributed by atoms with Crippen LogP contribution in [0.3, 0.4) is 0 Å². The zero-order valence-electron chi connectivity index (χ0n) is 16.4. The third kappa shape index (κ3) is 3.61. The Morgan fingerprint density at radius 2 is 1.62 bits per heavy atom. The number of hydrogen-bond acceptors (Lipinski definition) is 4. The summed E-state index contributed by atoms with van der Waals surface area (Å²) in [4.78, 5) is 14.3. The molecule has 0 bridgehead atoms. The molecule has 1 fully saturated rings. The van der Waals surface area contributed by atoms with Crippen LogP contribution >= 0.6 is 0 Å². The molecule has 0 spiro atoms. The maximum Gasteiger partial charge on any atom is 0.142 e. The molecule has 29 heavy (non-hydrogen) atoms. The summed E-state index contributed by atoms with van der Waals surface area (Å²) in [6, 6.07) is 21.4. The molecule has 0 radical (unpaired) electrons. The van der Waals surface area contributed by atoms with E-state index in [1.165, 1.54) is 16.7 Å². The summed E-state index contributed by atoms with van der Waals surface area (Å²) in [5.74, 6) is 1.01. The average Bonchev–Trinajstić information content (AvgIpc) is 3.24. The van der Waals surface area contributed by atoms with Crippen molar-refractivity contribution in [2.45, 2.75) is 24.8 Å². The van der Waals surface area contributed by atoms with E-state index in [0.717, 1.165) is 49.2 Å². The van der Waals surface area contributed by atoms with Crippen LogP contribution in [0.15, 0.2) is 73.2 Å². The average molecular weight is 383 g/mol. The van der Waals surface area contributed by atoms with E-state index in [-0.39, 0.29) is 5.54 Å². The molecule has 146 valence electrons. The van der Waals surface area contributed by atoms with Crippen molar-refractivity contribution < 1.29 is 0 Å². The Kier molecular flexibility index (Phi) is 4.52. The van der Waals surface area contributed by atoms with Gasteiger partial charge in [0.25, 0.3) is 0 Å². The van der Waals surface area contributed by atoms with E-state index in [0.29, 0.717) is 0 Å². The quantitative estimate of drug-likeness (QED) is 0.555. The lowest BCUT2D eigenvalue weighted by Gasteiger charge is -2.40. The van der Waals surface area contributed by atoms with E-state index in [4.69, 9.17) is 5.73 Å². The van der Waals surface area contributed by atoms with E-state index in [1.54, 1.807) is 6.33 Å². The van der Waals surface area contributed by atoms with Crippen molar-refractivity contribution in [3.05, 3.63) is 78.8 Å². The first-order valence-electron chi connectivity index (χ1n) is 10.2. The molecular weight excluding hydrogens is 358 g/mol. The van der Waals surface area contributed by atoms with E-state index >= 15 is 0 Å². The maximum absolute atomic E-state index is 6.81. The molecule has 5 heteroatoms. The van der Waals surface area contributed by atoms with Crippen LogP contribution in [-0.4, -0.2) is 33.6 Å². The number of aromatic amines is 1. The minimum atomic E-state index is -0.172. The zero-order valence-corrected chi connectivity index (χ0v) is 16.4. The van der Waals surface area contributed by atoms with Crippen LogP contribution < -0.4 is 10.6 Å². The minimum Gasteiger partial charge on any atom is -0.356 e. The summed E-state index contributed by atoms with van der Waals surface area (Å²) in [7, 11) is 0. The number of rotatable bonds is 4. The van der Waals surface area contributed by atoms with E-state index in [9.17, 15) is 0 Å². The number of anilines is 1. The highest BCUT2D eigenvalue weighted by molar-refractivity contribution is 5.87. The van der Waals surface area contributed by atoms with Gasteiger partial charge in [-0.1, -0.05) is 54.6 Å². The Hall–Kier alpha value is -3.18. The number of benzene rings is 2. The lowest BCUT2D eigenvalue weighted by atomic mass is 9.82. The highest BCUT2D eigenvalue weighted by Gasteiger charge is 2.32. The van der Waals surface area contributed by atoms with Crippen LogP contribution in [0.4, 0.5) is 5.82 Å². The first kappa shape index (κ1) is 17.9. The van der Waals surface area contributed by atoms with Gasteiger partial charge in [0, 0.05) is 24.8 Å². The molecule has 0 atom stereocenters.